The Morgan fingerprint density at radius 1 is 1.10 bits per heavy atom. The Morgan fingerprint density at radius 2 is 1.81 bits per heavy atom. The lowest BCUT2D eigenvalue weighted by molar-refractivity contribution is 0.0940. The molecule has 1 unspecified atom stereocenters. The van der Waals surface area contributed by atoms with Crippen molar-refractivity contribution in [1.82, 2.24) is 5.32 Å². The molecule has 110 valence electrons. The van der Waals surface area contributed by atoms with Crippen molar-refractivity contribution in [1.29, 1.82) is 0 Å². The fourth-order valence-corrected chi connectivity index (χ4v) is 1.86. The lowest BCUT2D eigenvalue weighted by Gasteiger charge is -2.15. The first-order valence-electron chi connectivity index (χ1n) is 6.19. The molecule has 2 aromatic carbocycles. The van der Waals surface area contributed by atoms with E-state index in [1.165, 1.54) is 12.1 Å². The van der Waals surface area contributed by atoms with Crippen LogP contribution in [0.25, 0.3) is 0 Å². The summed E-state index contributed by atoms with van der Waals surface area (Å²) in [5.74, 6) is -3.15. The zero-order valence-electron chi connectivity index (χ0n) is 11.2. The maximum Gasteiger partial charge on any atom is 0.253 e. The minimum atomic E-state index is -1.00. The van der Waals surface area contributed by atoms with Gasteiger partial charge in [-0.1, -0.05) is 6.07 Å². The number of amides is 1. The Balaban J connectivity index is 2.18. The number of nitrogens with two attached hydrogens (primary N) is 1. The first kappa shape index (κ1) is 14.9. The van der Waals surface area contributed by atoms with E-state index in [1.54, 1.807) is 6.92 Å². The van der Waals surface area contributed by atoms with Crippen molar-refractivity contribution in [3.63, 3.8) is 0 Å². The van der Waals surface area contributed by atoms with Crippen LogP contribution in [0.1, 0.15) is 28.9 Å². The summed E-state index contributed by atoms with van der Waals surface area (Å²) in [6.07, 6.45) is 0. The lowest BCUT2D eigenvalue weighted by atomic mass is 10.1. The van der Waals surface area contributed by atoms with Gasteiger partial charge in [0.1, 0.15) is 5.82 Å². The monoisotopic (exact) mass is 294 g/mol. The van der Waals surface area contributed by atoms with Crippen molar-refractivity contribution in [3.8, 4) is 0 Å². The summed E-state index contributed by atoms with van der Waals surface area (Å²) in [4.78, 5) is 12.0. The second-order valence-electron chi connectivity index (χ2n) is 4.60. The molecule has 1 atom stereocenters. The summed E-state index contributed by atoms with van der Waals surface area (Å²) in [7, 11) is 0. The molecule has 0 heterocycles. The standard InChI is InChI=1S/C15H13F3N2O/c1-8(9-2-4-12(17)13(18)6-9)20-15(21)11-7-10(16)3-5-14(11)19/h2-8H,19H2,1H3,(H,20,21). The van der Waals surface area contributed by atoms with Gasteiger partial charge < -0.3 is 11.1 Å². The van der Waals surface area contributed by atoms with Gasteiger partial charge in [-0.2, -0.15) is 0 Å². The Labute approximate surface area is 119 Å². The van der Waals surface area contributed by atoms with Crippen LogP contribution in [-0.4, -0.2) is 5.91 Å². The highest BCUT2D eigenvalue weighted by Crippen LogP contribution is 2.18. The Hall–Kier alpha value is -2.50. The Kier molecular flexibility index (Phi) is 4.16. The number of carbonyl (C=O) groups is 1. The van der Waals surface area contributed by atoms with Crippen LogP contribution in [0.5, 0.6) is 0 Å². The van der Waals surface area contributed by atoms with Gasteiger partial charge in [0.15, 0.2) is 11.6 Å². The van der Waals surface area contributed by atoms with Crippen molar-refractivity contribution < 1.29 is 18.0 Å². The number of rotatable bonds is 3. The Bertz CT molecular complexity index is 689. The molecule has 2 rings (SSSR count). The summed E-state index contributed by atoms with van der Waals surface area (Å²) < 4.78 is 39.2. The summed E-state index contributed by atoms with van der Waals surface area (Å²) in [6.45, 7) is 1.60. The average Bonchev–Trinajstić information content (AvgIpc) is 2.44. The molecule has 0 radical (unpaired) electrons. The van der Waals surface area contributed by atoms with E-state index in [4.69, 9.17) is 5.73 Å². The van der Waals surface area contributed by atoms with Crippen molar-refractivity contribution >= 4 is 11.6 Å². The molecule has 0 aliphatic rings. The number of halogens is 3. The van der Waals surface area contributed by atoms with Crippen LogP contribution in [0.15, 0.2) is 36.4 Å². The average molecular weight is 294 g/mol. The second kappa shape index (κ2) is 5.87. The van der Waals surface area contributed by atoms with Crippen LogP contribution in [0.4, 0.5) is 18.9 Å². The van der Waals surface area contributed by atoms with Crippen LogP contribution >= 0.6 is 0 Å². The molecular weight excluding hydrogens is 281 g/mol. The molecule has 0 saturated heterocycles. The number of hydrogen-bond acceptors (Lipinski definition) is 2. The Morgan fingerprint density at radius 3 is 2.48 bits per heavy atom. The quantitative estimate of drug-likeness (QED) is 0.854. The highest BCUT2D eigenvalue weighted by molar-refractivity contribution is 5.99. The summed E-state index contributed by atoms with van der Waals surface area (Å²) >= 11 is 0. The highest BCUT2D eigenvalue weighted by Gasteiger charge is 2.15. The fourth-order valence-electron chi connectivity index (χ4n) is 1.86. The maximum absolute atomic E-state index is 13.2. The molecule has 0 fully saturated rings. The third-order valence-corrected chi connectivity index (χ3v) is 3.05. The second-order valence-corrected chi connectivity index (χ2v) is 4.60. The number of nitrogen functional groups attached to an aromatic ring is 1. The zero-order valence-corrected chi connectivity index (χ0v) is 11.2. The number of carbonyl (C=O) groups excluding carboxylic acids is 1. The highest BCUT2D eigenvalue weighted by atomic mass is 19.2. The van der Waals surface area contributed by atoms with E-state index < -0.39 is 29.4 Å². The van der Waals surface area contributed by atoms with Crippen LogP contribution in [-0.2, 0) is 0 Å². The molecule has 0 aromatic heterocycles. The van der Waals surface area contributed by atoms with Crippen LogP contribution in [0.2, 0.25) is 0 Å². The van der Waals surface area contributed by atoms with Crippen LogP contribution in [0, 0.1) is 17.5 Å². The van der Waals surface area contributed by atoms with E-state index in [9.17, 15) is 18.0 Å². The van der Waals surface area contributed by atoms with E-state index in [2.05, 4.69) is 5.32 Å². The predicted molar refractivity (Wildman–Crippen MR) is 73.1 cm³/mol. The van der Waals surface area contributed by atoms with Gasteiger partial charge in [0, 0.05) is 5.69 Å². The van der Waals surface area contributed by atoms with E-state index in [1.807, 2.05) is 0 Å². The third-order valence-electron chi connectivity index (χ3n) is 3.05. The van der Waals surface area contributed by atoms with E-state index >= 15 is 0 Å². The molecule has 2 aromatic rings. The molecule has 0 aliphatic heterocycles. The summed E-state index contributed by atoms with van der Waals surface area (Å²) in [6, 6.07) is 6.19. The molecule has 0 saturated carbocycles. The summed E-state index contributed by atoms with van der Waals surface area (Å²) in [5.41, 5.74) is 6.12. The molecule has 0 bridgehead atoms. The number of hydrogen-bond donors (Lipinski definition) is 2. The minimum absolute atomic E-state index is 0.00978. The SMILES string of the molecule is CC(NC(=O)c1cc(F)ccc1N)c1ccc(F)c(F)c1. The van der Waals surface area contributed by atoms with Crippen molar-refractivity contribution in [2.75, 3.05) is 5.73 Å². The topological polar surface area (TPSA) is 55.1 Å². The number of anilines is 1. The summed E-state index contributed by atoms with van der Waals surface area (Å²) in [5, 5.41) is 2.55. The van der Waals surface area contributed by atoms with Crippen molar-refractivity contribution in [3.05, 3.63) is 65.0 Å². The van der Waals surface area contributed by atoms with Gasteiger partial charge in [0.2, 0.25) is 0 Å². The fraction of sp³-hybridized carbons (Fsp3) is 0.133. The van der Waals surface area contributed by atoms with Crippen LogP contribution in [0.3, 0.4) is 0 Å². The molecule has 1 amide bonds. The van der Waals surface area contributed by atoms with E-state index in [0.717, 1.165) is 24.3 Å². The molecule has 6 heteroatoms. The largest absolute Gasteiger partial charge is 0.398 e. The molecule has 21 heavy (non-hydrogen) atoms. The third kappa shape index (κ3) is 3.34. The van der Waals surface area contributed by atoms with Crippen molar-refractivity contribution in [2.45, 2.75) is 13.0 Å². The first-order chi connectivity index (χ1) is 9.88. The lowest BCUT2D eigenvalue weighted by Crippen LogP contribution is -2.27. The maximum atomic E-state index is 13.2. The van der Waals surface area contributed by atoms with E-state index in [-0.39, 0.29) is 11.3 Å². The van der Waals surface area contributed by atoms with Crippen molar-refractivity contribution in [2.24, 2.45) is 0 Å². The van der Waals surface area contributed by atoms with Gasteiger partial charge in [-0.25, -0.2) is 13.2 Å². The molecule has 3 N–H and O–H groups in total. The van der Waals surface area contributed by atoms with Gasteiger partial charge in [-0.05, 0) is 42.8 Å². The first-order valence-corrected chi connectivity index (χ1v) is 6.19. The van der Waals surface area contributed by atoms with Gasteiger partial charge in [-0.15, -0.1) is 0 Å². The van der Waals surface area contributed by atoms with Gasteiger partial charge >= 0.3 is 0 Å². The smallest absolute Gasteiger partial charge is 0.253 e. The molecule has 0 spiro atoms. The normalized spacial score (nSPS) is 12.0. The number of nitrogens with one attached hydrogen (secondary N) is 1. The predicted octanol–water partition coefficient (Wildman–Crippen LogP) is 3.18. The number of benzene rings is 2. The van der Waals surface area contributed by atoms with Gasteiger partial charge in [0.25, 0.3) is 5.91 Å². The van der Waals surface area contributed by atoms with Gasteiger partial charge in [-0.3, -0.25) is 4.79 Å². The molecule has 0 aliphatic carbocycles. The van der Waals surface area contributed by atoms with E-state index in [0.29, 0.717) is 5.56 Å². The minimum Gasteiger partial charge on any atom is -0.398 e. The van der Waals surface area contributed by atoms with Crippen LogP contribution < -0.4 is 11.1 Å². The molecular formula is C15H13F3N2O. The molecule has 3 nitrogen and oxygen atoms in total. The van der Waals surface area contributed by atoms with Gasteiger partial charge in [0.05, 0.1) is 11.6 Å². The zero-order chi connectivity index (χ0) is 15.6.